The molecule has 0 heterocycles. The van der Waals surface area contributed by atoms with Gasteiger partial charge in [-0.2, -0.15) is 0 Å². The topological polar surface area (TPSA) is 67.9 Å². The second-order valence-corrected chi connectivity index (χ2v) is 9.86. The van der Waals surface area contributed by atoms with E-state index in [9.17, 15) is 9.59 Å². The molecule has 2 aliphatic rings. The van der Waals surface area contributed by atoms with E-state index in [0.717, 1.165) is 44.2 Å². The van der Waals surface area contributed by atoms with Crippen molar-refractivity contribution in [2.75, 3.05) is 33.8 Å². The number of rotatable bonds is 9. The lowest BCUT2D eigenvalue weighted by atomic mass is 9.71. The molecule has 1 atom stereocenters. The number of hydrogen-bond donors (Lipinski definition) is 1. The van der Waals surface area contributed by atoms with Crippen LogP contribution in [0, 0.1) is 11.3 Å². The molecule has 1 N–H and O–H groups in total. The third-order valence-corrected chi connectivity index (χ3v) is 6.86. The maximum Gasteiger partial charge on any atom is 0.407 e. The van der Waals surface area contributed by atoms with Crippen molar-refractivity contribution in [2.24, 2.45) is 11.3 Å². The van der Waals surface area contributed by atoms with E-state index < -0.39 is 6.09 Å². The predicted octanol–water partition coefficient (Wildman–Crippen LogP) is 5.42. The summed E-state index contributed by atoms with van der Waals surface area (Å²) in [6.07, 6.45) is 10.8. The highest BCUT2D eigenvalue weighted by atomic mass is 16.5. The van der Waals surface area contributed by atoms with Crippen LogP contribution in [0.1, 0.15) is 70.3 Å². The minimum Gasteiger partial charge on any atom is -0.450 e. The molecule has 1 saturated carbocycles. The minimum atomic E-state index is -0.420. The van der Waals surface area contributed by atoms with Gasteiger partial charge in [0.1, 0.15) is 5.75 Å². The second-order valence-electron chi connectivity index (χ2n) is 9.86. The molecule has 182 valence electrons. The van der Waals surface area contributed by atoms with Crippen LogP contribution in [0.25, 0.3) is 5.57 Å². The van der Waals surface area contributed by atoms with Crippen LogP contribution >= 0.6 is 0 Å². The van der Waals surface area contributed by atoms with Gasteiger partial charge in [0, 0.05) is 13.1 Å². The molecule has 1 aromatic rings. The van der Waals surface area contributed by atoms with Gasteiger partial charge in [0.25, 0.3) is 0 Å². The summed E-state index contributed by atoms with van der Waals surface area (Å²) in [6.45, 7) is 3.59. The predicted molar refractivity (Wildman–Crippen MR) is 131 cm³/mol. The SMILES string of the molecule is CCOC(=O)NCC1(CC(=O)Oc2cccc(C3=CCCCC3CN(C)C)c2)CCCCC1. The average molecular weight is 457 g/mol. The Labute approximate surface area is 198 Å². The summed E-state index contributed by atoms with van der Waals surface area (Å²) in [7, 11) is 4.23. The van der Waals surface area contributed by atoms with Crippen molar-refractivity contribution in [1.29, 1.82) is 0 Å². The molecule has 1 unspecified atom stereocenters. The monoisotopic (exact) mass is 456 g/mol. The first-order valence-electron chi connectivity index (χ1n) is 12.5. The van der Waals surface area contributed by atoms with Gasteiger partial charge in [-0.15, -0.1) is 0 Å². The van der Waals surface area contributed by atoms with Crippen molar-refractivity contribution in [2.45, 2.75) is 64.7 Å². The summed E-state index contributed by atoms with van der Waals surface area (Å²) in [5.74, 6) is 0.859. The van der Waals surface area contributed by atoms with Gasteiger partial charge in [-0.1, -0.05) is 37.5 Å². The maximum absolute atomic E-state index is 13.0. The lowest BCUT2D eigenvalue weighted by molar-refractivity contribution is -0.137. The first-order valence-corrected chi connectivity index (χ1v) is 12.5. The molecule has 2 aliphatic carbocycles. The molecule has 0 saturated heterocycles. The summed E-state index contributed by atoms with van der Waals surface area (Å²) in [6, 6.07) is 7.94. The number of hydrogen-bond acceptors (Lipinski definition) is 5. The molecular formula is C27H40N2O4. The number of benzene rings is 1. The van der Waals surface area contributed by atoms with Crippen molar-refractivity contribution < 1.29 is 19.1 Å². The Morgan fingerprint density at radius 2 is 1.94 bits per heavy atom. The fraction of sp³-hybridized carbons (Fsp3) is 0.630. The van der Waals surface area contributed by atoms with Crippen molar-refractivity contribution in [3.8, 4) is 5.75 Å². The Bertz CT molecular complexity index is 827. The molecule has 1 aromatic carbocycles. The fourth-order valence-corrected chi connectivity index (χ4v) is 5.30. The Hall–Kier alpha value is -2.34. The van der Waals surface area contributed by atoms with Crippen LogP contribution in [0.5, 0.6) is 5.75 Å². The number of nitrogens with one attached hydrogen (secondary N) is 1. The van der Waals surface area contributed by atoms with Crippen LogP contribution in [0.2, 0.25) is 0 Å². The molecule has 6 heteroatoms. The number of carbonyl (C=O) groups excluding carboxylic acids is 2. The molecule has 3 rings (SSSR count). The second kappa shape index (κ2) is 12.2. The summed E-state index contributed by atoms with van der Waals surface area (Å²) in [4.78, 5) is 27.0. The van der Waals surface area contributed by atoms with Gasteiger partial charge in [-0.25, -0.2) is 4.79 Å². The third-order valence-electron chi connectivity index (χ3n) is 6.86. The lowest BCUT2D eigenvalue weighted by Gasteiger charge is -2.36. The highest BCUT2D eigenvalue weighted by molar-refractivity contribution is 5.75. The van der Waals surface area contributed by atoms with Gasteiger partial charge >= 0.3 is 12.1 Å². The zero-order valence-electron chi connectivity index (χ0n) is 20.5. The van der Waals surface area contributed by atoms with Crippen LogP contribution in [-0.2, 0) is 9.53 Å². The highest BCUT2D eigenvalue weighted by Gasteiger charge is 2.35. The molecular weight excluding hydrogens is 416 g/mol. The molecule has 0 aromatic heterocycles. The van der Waals surface area contributed by atoms with Crippen molar-refractivity contribution in [1.82, 2.24) is 10.2 Å². The van der Waals surface area contributed by atoms with Gasteiger partial charge in [0.2, 0.25) is 0 Å². The van der Waals surface area contributed by atoms with Crippen molar-refractivity contribution in [3.05, 3.63) is 35.9 Å². The molecule has 6 nitrogen and oxygen atoms in total. The first kappa shape index (κ1) is 25.3. The summed E-state index contributed by atoms with van der Waals surface area (Å²) < 4.78 is 10.8. The molecule has 0 spiro atoms. The normalized spacial score (nSPS) is 20.1. The van der Waals surface area contributed by atoms with E-state index in [-0.39, 0.29) is 11.4 Å². The smallest absolute Gasteiger partial charge is 0.407 e. The van der Waals surface area contributed by atoms with Gasteiger partial charge in [0.05, 0.1) is 13.0 Å². The first-order chi connectivity index (χ1) is 15.9. The Morgan fingerprint density at radius 1 is 1.15 bits per heavy atom. The van der Waals surface area contributed by atoms with E-state index in [1.807, 2.05) is 18.2 Å². The Balaban J connectivity index is 1.66. The Kier molecular flexibility index (Phi) is 9.36. The minimum absolute atomic E-state index is 0.234. The van der Waals surface area contributed by atoms with E-state index in [1.54, 1.807) is 6.92 Å². The molecule has 0 aliphatic heterocycles. The number of allylic oxidation sites excluding steroid dienone is 1. The Morgan fingerprint density at radius 3 is 2.67 bits per heavy atom. The number of nitrogens with zero attached hydrogens (tertiary/aromatic N) is 1. The zero-order chi connectivity index (χ0) is 23.7. The van der Waals surface area contributed by atoms with Gasteiger partial charge in [0.15, 0.2) is 0 Å². The van der Waals surface area contributed by atoms with Crippen LogP contribution in [0.15, 0.2) is 30.3 Å². The van der Waals surface area contributed by atoms with E-state index in [4.69, 9.17) is 9.47 Å². The van der Waals surface area contributed by atoms with Crippen LogP contribution < -0.4 is 10.1 Å². The van der Waals surface area contributed by atoms with Crippen LogP contribution in [0.4, 0.5) is 4.79 Å². The molecule has 0 radical (unpaired) electrons. The van der Waals surface area contributed by atoms with Gasteiger partial charge < -0.3 is 19.7 Å². The fourth-order valence-electron chi connectivity index (χ4n) is 5.30. The number of ether oxygens (including phenoxy) is 2. The van der Waals surface area contributed by atoms with E-state index in [0.29, 0.717) is 31.2 Å². The van der Waals surface area contributed by atoms with Crippen LogP contribution in [-0.4, -0.2) is 50.8 Å². The number of alkyl carbamates (subject to hydrolysis) is 1. The lowest BCUT2D eigenvalue weighted by Crippen LogP contribution is -2.41. The molecule has 1 fully saturated rings. The summed E-state index contributed by atoms with van der Waals surface area (Å²) in [5.41, 5.74) is 2.24. The zero-order valence-corrected chi connectivity index (χ0v) is 20.5. The summed E-state index contributed by atoms with van der Waals surface area (Å²) >= 11 is 0. The molecule has 0 bridgehead atoms. The van der Waals surface area contributed by atoms with Crippen molar-refractivity contribution >= 4 is 17.6 Å². The van der Waals surface area contributed by atoms with E-state index in [1.165, 1.54) is 24.8 Å². The highest BCUT2D eigenvalue weighted by Crippen LogP contribution is 2.39. The largest absolute Gasteiger partial charge is 0.450 e. The van der Waals surface area contributed by atoms with E-state index >= 15 is 0 Å². The quantitative estimate of drug-likeness (QED) is 0.397. The number of esters is 1. The van der Waals surface area contributed by atoms with Gasteiger partial charge in [-0.3, -0.25) is 4.79 Å². The third kappa shape index (κ3) is 7.60. The number of amides is 1. The average Bonchev–Trinajstić information content (AvgIpc) is 2.79. The summed E-state index contributed by atoms with van der Waals surface area (Å²) in [5, 5.41) is 2.86. The van der Waals surface area contributed by atoms with Gasteiger partial charge in [-0.05, 0) is 87.7 Å². The standard InChI is InChI=1S/C27H40N2O4/c1-4-32-26(31)28-20-27(15-8-5-9-16-27)18-25(30)33-23-13-10-12-21(17-23)24-14-7-6-11-22(24)19-29(2)3/h10,12-14,17,22H,4-9,11,15-16,18-20H2,1-3H3,(H,28,31). The maximum atomic E-state index is 13.0. The molecule has 1 amide bonds. The van der Waals surface area contributed by atoms with E-state index in [2.05, 4.69) is 36.5 Å². The van der Waals surface area contributed by atoms with Crippen molar-refractivity contribution in [3.63, 3.8) is 0 Å². The molecule has 33 heavy (non-hydrogen) atoms. The van der Waals surface area contributed by atoms with Crippen LogP contribution in [0.3, 0.4) is 0 Å². The number of carbonyl (C=O) groups is 2.